The summed E-state index contributed by atoms with van der Waals surface area (Å²) >= 11 is 0. The number of fused-ring (bicyclic) bond motifs is 1. The average Bonchev–Trinajstić information content (AvgIpc) is 3.21. The van der Waals surface area contributed by atoms with Gasteiger partial charge in [-0.1, -0.05) is 36.4 Å². The Labute approximate surface area is 149 Å². The first-order valence-electron chi connectivity index (χ1n) is 9.13. The molecule has 2 atom stereocenters. The Balaban J connectivity index is 1.35. The van der Waals surface area contributed by atoms with Gasteiger partial charge in [0.05, 0.1) is 6.54 Å². The van der Waals surface area contributed by atoms with Gasteiger partial charge in [0.25, 0.3) is 0 Å². The lowest BCUT2D eigenvalue weighted by Gasteiger charge is -2.16. The van der Waals surface area contributed by atoms with E-state index in [1.54, 1.807) is 0 Å². The molecule has 25 heavy (non-hydrogen) atoms. The molecule has 0 aromatic heterocycles. The second-order valence-electron chi connectivity index (χ2n) is 7.26. The minimum Gasteiger partial charge on any atom is -0.326 e. The Morgan fingerprint density at radius 1 is 1.08 bits per heavy atom. The number of likely N-dealkylation sites (tertiary alicyclic amines) is 1. The fourth-order valence-corrected chi connectivity index (χ4v) is 4.15. The van der Waals surface area contributed by atoms with Gasteiger partial charge < -0.3 is 11.1 Å². The molecule has 2 aromatic carbocycles. The molecule has 2 aromatic rings. The van der Waals surface area contributed by atoms with Crippen LogP contribution < -0.4 is 11.1 Å². The Hall–Kier alpha value is -2.17. The van der Waals surface area contributed by atoms with Gasteiger partial charge in [-0.2, -0.15) is 0 Å². The SMILES string of the molecule is N[C@@H]1CN(CC(=O)Nc2ccc3c(c2)CCC3)C[C@H]1c1ccccc1. The van der Waals surface area contributed by atoms with E-state index >= 15 is 0 Å². The second kappa shape index (κ2) is 6.98. The molecule has 1 saturated heterocycles. The Bertz CT molecular complexity index is 759. The number of anilines is 1. The van der Waals surface area contributed by atoms with Gasteiger partial charge in [-0.15, -0.1) is 0 Å². The van der Waals surface area contributed by atoms with Gasteiger partial charge in [0.2, 0.25) is 5.91 Å². The summed E-state index contributed by atoms with van der Waals surface area (Å²) in [5.74, 6) is 0.341. The van der Waals surface area contributed by atoms with Gasteiger partial charge in [0, 0.05) is 30.7 Å². The summed E-state index contributed by atoms with van der Waals surface area (Å²) in [5, 5.41) is 3.05. The number of rotatable bonds is 4. The molecule has 0 spiro atoms. The highest BCUT2D eigenvalue weighted by Crippen LogP contribution is 2.27. The molecule has 0 saturated carbocycles. The van der Waals surface area contributed by atoms with E-state index in [1.165, 1.54) is 23.1 Å². The lowest BCUT2D eigenvalue weighted by atomic mass is 9.95. The van der Waals surface area contributed by atoms with Crippen molar-refractivity contribution in [2.45, 2.75) is 31.2 Å². The van der Waals surface area contributed by atoms with Gasteiger partial charge in [0.1, 0.15) is 0 Å². The van der Waals surface area contributed by atoms with Crippen molar-refractivity contribution in [3.8, 4) is 0 Å². The molecule has 2 aliphatic rings. The first kappa shape index (κ1) is 16.3. The first-order chi connectivity index (χ1) is 12.2. The van der Waals surface area contributed by atoms with Crippen molar-refractivity contribution in [3.05, 3.63) is 65.2 Å². The van der Waals surface area contributed by atoms with Crippen LogP contribution in [0.2, 0.25) is 0 Å². The van der Waals surface area contributed by atoms with Crippen molar-refractivity contribution in [2.75, 3.05) is 25.0 Å². The molecule has 0 radical (unpaired) electrons. The van der Waals surface area contributed by atoms with E-state index in [0.717, 1.165) is 31.6 Å². The number of nitrogens with zero attached hydrogens (tertiary/aromatic N) is 1. The van der Waals surface area contributed by atoms with Crippen molar-refractivity contribution in [1.82, 2.24) is 4.90 Å². The molecule has 1 aliphatic heterocycles. The normalized spacial score (nSPS) is 22.8. The van der Waals surface area contributed by atoms with Crippen molar-refractivity contribution >= 4 is 11.6 Å². The lowest BCUT2D eigenvalue weighted by Crippen LogP contribution is -2.33. The van der Waals surface area contributed by atoms with Crippen LogP contribution in [0.25, 0.3) is 0 Å². The summed E-state index contributed by atoms with van der Waals surface area (Å²) in [6, 6.07) is 16.7. The topological polar surface area (TPSA) is 58.4 Å². The van der Waals surface area contributed by atoms with Gasteiger partial charge >= 0.3 is 0 Å². The maximum atomic E-state index is 12.4. The molecule has 1 amide bonds. The summed E-state index contributed by atoms with van der Waals surface area (Å²) in [4.78, 5) is 14.6. The number of hydrogen-bond donors (Lipinski definition) is 2. The summed E-state index contributed by atoms with van der Waals surface area (Å²) in [6.45, 7) is 1.99. The summed E-state index contributed by atoms with van der Waals surface area (Å²) in [7, 11) is 0. The highest BCUT2D eigenvalue weighted by atomic mass is 16.2. The van der Waals surface area contributed by atoms with Crippen LogP contribution in [0.1, 0.15) is 29.0 Å². The zero-order valence-electron chi connectivity index (χ0n) is 14.4. The standard InChI is InChI=1S/C21H25N3O/c22-20-13-24(12-19(20)16-5-2-1-3-6-16)14-21(25)23-18-10-9-15-7-4-8-17(15)11-18/h1-3,5-6,9-11,19-20H,4,7-8,12-14,22H2,(H,23,25)/t19-,20+/m0/s1. The maximum Gasteiger partial charge on any atom is 0.238 e. The largest absolute Gasteiger partial charge is 0.326 e. The Morgan fingerprint density at radius 2 is 1.88 bits per heavy atom. The van der Waals surface area contributed by atoms with Crippen molar-refractivity contribution in [1.29, 1.82) is 0 Å². The molecular weight excluding hydrogens is 310 g/mol. The molecular formula is C21H25N3O. The molecule has 0 bridgehead atoms. The summed E-state index contributed by atoms with van der Waals surface area (Å²) in [5.41, 5.74) is 11.3. The zero-order valence-corrected chi connectivity index (χ0v) is 14.4. The van der Waals surface area contributed by atoms with E-state index in [9.17, 15) is 4.79 Å². The van der Waals surface area contributed by atoms with Crippen LogP contribution >= 0.6 is 0 Å². The highest BCUT2D eigenvalue weighted by molar-refractivity contribution is 5.92. The minimum absolute atomic E-state index is 0.0406. The van der Waals surface area contributed by atoms with Crippen LogP contribution in [0.3, 0.4) is 0 Å². The van der Waals surface area contributed by atoms with Crippen molar-refractivity contribution in [3.63, 3.8) is 0 Å². The summed E-state index contributed by atoms with van der Waals surface area (Å²) < 4.78 is 0. The van der Waals surface area contributed by atoms with Crippen LogP contribution in [0.15, 0.2) is 48.5 Å². The van der Waals surface area contributed by atoms with Crippen LogP contribution in [0, 0.1) is 0 Å². The van der Waals surface area contributed by atoms with Gasteiger partial charge in [-0.05, 0) is 48.1 Å². The van der Waals surface area contributed by atoms with E-state index < -0.39 is 0 Å². The molecule has 4 heteroatoms. The highest BCUT2D eigenvalue weighted by Gasteiger charge is 2.32. The third kappa shape index (κ3) is 3.60. The molecule has 1 aliphatic carbocycles. The smallest absolute Gasteiger partial charge is 0.238 e. The van der Waals surface area contributed by atoms with Crippen LogP contribution in [0.5, 0.6) is 0 Å². The number of hydrogen-bond acceptors (Lipinski definition) is 3. The Kier molecular flexibility index (Phi) is 4.55. The predicted molar refractivity (Wildman–Crippen MR) is 101 cm³/mol. The maximum absolute atomic E-state index is 12.4. The quantitative estimate of drug-likeness (QED) is 0.903. The monoisotopic (exact) mass is 335 g/mol. The molecule has 1 fully saturated rings. The van der Waals surface area contributed by atoms with Crippen LogP contribution in [0.4, 0.5) is 5.69 Å². The molecule has 4 rings (SSSR count). The van der Waals surface area contributed by atoms with Crippen molar-refractivity contribution < 1.29 is 4.79 Å². The van der Waals surface area contributed by atoms with Crippen LogP contribution in [-0.2, 0) is 17.6 Å². The molecule has 1 heterocycles. The number of nitrogens with one attached hydrogen (secondary N) is 1. The van der Waals surface area contributed by atoms with Crippen molar-refractivity contribution in [2.24, 2.45) is 5.73 Å². The zero-order chi connectivity index (χ0) is 17.2. The second-order valence-corrected chi connectivity index (χ2v) is 7.26. The number of aryl methyl sites for hydroxylation is 2. The van der Waals surface area contributed by atoms with E-state index in [-0.39, 0.29) is 11.9 Å². The number of nitrogens with two attached hydrogens (primary N) is 1. The average molecular weight is 335 g/mol. The van der Waals surface area contributed by atoms with E-state index in [0.29, 0.717) is 12.5 Å². The van der Waals surface area contributed by atoms with Gasteiger partial charge in [-0.3, -0.25) is 9.69 Å². The third-order valence-electron chi connectivity index (χ3n) is 5.42. The predicted octanol–water partition coefficient (Wildman–Crippen LogP) is 2.54. The number of carbonyl (C=O) groups is 1. The molecule has 4 nitrogen and oxygen atoms in total. The molecule has 0 unspecified atom stereocenters. The third-order valence-corrected chi connectivity index (χ3v) is 5.42. The number of benzene rings is 2. The van der Waals surface area contributed by atoms with E-state index in [2.05, 4.69) is 34.5 Å². The van der Waals surface area contributed by atoms with Gasteiger partial charge in [0.15, 0.2) is 0 Å². The molecule has 130 valence electrons. The lowest BCUT2D eigenvalue weighted by molar-refractivity contribution is -0.117. The number of carbonyl (C=O) groups excluding carboxylic acids is 1. The number of amides is 1. The first-order valence-corrected chi connectivity index (χ1v) is 9.13. The van der Waals surface area contributed by atoms with E-state index in [1.807, 2.05) is 24.3 Å². The van der Waals surface area contributed by atoms with E-state index in [4.69, 9.17) is 5.73 Å². The Morgan fingerprint density at radius 3 is 2.72 bits per heavy atom. The molecule has 3 N–H and O–H groups in total. The fraction of sp³-hybridized carbons (Fsp3) is 0.381. The minimum atomic E-state index is 0.0406. The van der Waals surface area contributed by atoms with Crippen LogP contribution in [-0.4, -0.2) is 36.5 Å². The fourth-order valence-electron chi connectivity index (χ4n) is 4.15. The summed E-state index contributed by atoms with van der Waals surface area (Å²) in [6.07, 6.45) is 3.51. The van der Waals surface area contributed by atoms with Gasteiger partial charge in [-0.25, -0.2) is 0 Å².